The summed E-state index contributed by atoms with van der Waals surface area (Å²) in [6.45, 7) is 3.45. The van der Waals surface area contributed by atoms with Crippen LogP contribution in [0.3, 0.4) is 0 Å². The Morgan fingerprint density at radius 2 is 1.86 bits per heavy atom. The molecule has 4 rings (SSSR count). The zero-order valence-corrected chi connectivity index (χ0v) is 23.0. The number of amides is 3. The lowest BCUT2D eigenvalue weighted by molar-refractivity contribution is -0.384. The van der Waals surface area contributed by atoms with E-state index in [0.717, 1.165) is 38.6 Å². The van der Waals surface area contributed by atoms with Crippen LogP contribution in [0.4, 0.5) is 10.5 Å². The van der Waals surface area contributed by atoms with Crippen LogP contribution in [-0.4, -0.2) is 58.0 Å². The Hall–Kier alpha value is -3.13. The summed E-state index contributed by atoms with van der Waals surface area (Å²) in [6, 6.07) is 9.62. The van der Waals surface area contributed by atoms with E-state index in [2.05, 4.69) is 22.6 Å². The highest BCUT2D eigenvalue weighted by molar-refractivity contribution is 14.1. The minimum Gasteiger partial charge on any atom is -0.490 e. The van der Waals surface area contributed by atoms with Crippen LogP contribution in [0.25, 0.3) is 6.08 Å². The predicted molar refractivity (Wildman–Crippen MR) is 146 cm³/mol. The number of benzene rings is 2. The van der Waals surface area contributed by atoms with E-state index < -0.39 is 16.1 Å². The van der Waals surface area contributed by atoms with E-state index in [1.54, 1.807) is 35.2 Å². The van der Waals surface area contributed by atoms with Gasteiger partial charge in [0.2, 0.25) is 5.91 Å². The maximum Gasteiger partial charge on any atom is 0.294 e. The molecule has 12 heteroatoms. The Kier molecular flexibility index (Phi) is 8.69. The van der Waals surface area contributed by atoms with Gasteiger partial charge in [0.15, 0.2) is 11.5 Å². The first-order chi connectivity index (χ1) is 17.8. The number of nitrogens with zero attached hydrogens (tertiary/aromatic N) is 3. The summed E-state index contributed by atoms with van der Waals surface area (Å²) in [7, 11) is 0. The fourth-order valence-corrected chi connectivity index (χ4v) is 5.55. The first kappa shape index (κ1) is 26.9. The smallest absolute Gasteiger partial charge is 0.294 e. The minimum atomic E-state index is -0.492. The normalized spacial score (nSPS) is 16.5. The van der Waals surface area contributed by atoms with Crippen molar-refractivity contribution in [3.8, 4) is 11.5 Å². The monoisotopic (exact) mass is 637 g/mol. The number of rotatable bonds is 9. The summed E-state index contributed by atoms with van der Waals surface area (Å²) < 4.78 is 12.5. The largest absolute Gasteiger partial charge is 0.490 e. The Bertz CT molecular complexity index is 1260. The molecule has 0 unspecified atom stereocenters. The summed E-state index contributed by atoms with van der Waals surface area (Å²) in [5.74, 6) is 0.256. The number of nitro groups is 1. The van der Waals surface area contributed by atoms with Gasteiger partial charge in [-0.25, -0.2) is 0 Å². The van der Waals surface area contributed by atoms with Gasteiger partial charge in [0.05, 0.1) is 20.0 Å². The lowest BCUT2D eigenvalue weighted by atomic mass is 10.1. The second-order valence-corrected chi connectivity index (χ2v) is 10.5. The van der Waals surface area contributed by atoms with E-state index in [9.17, 15) is 24.5 Å². The second kappa shape index (κ2) is 11.9. The highest BCUT2D eigenvalue weighted by atomic mass is 127. The molecule has 2 aromatic carbocycles. The van der Waals surface area contributed by atoms with Gasteiger partial charge in [-0.05, 0) is 95.6 Å². The lowest BCUT2D eigenvalue weighted by Crippen LogP contribution is -2.40. The number of halogens is 1. The van der Waals surface area contributed by atoms with Gasteiger partial charge in [-0.2, -0.15) is 0 Å². The number of likely N-dealkylation sites (tertiary alicyclic amines) is 1. The van der Waals surface area contributed by atoms with E-state index in [0.29, 0.717) is 36.8 Å². The van der Waals surface area contributed by atoms with Gasteiger partial charge < -0.3 is 14.4 Å². The number of carbonyl (C=O) groups is 3. The number of ether oxygens (including phenoxy) is 2. The molecular formula is C25H24IN3O7S. The molecule has 3 amide bonds. The first-order valence-electron chi connectivity index (χ1n) is 11.6. The third-order valence-corrected chi connectivity index (χ3v) is 7.49. The number of hydrogen-bond donors (Lipinski definition) is 0. The molecule has 0 N–H and O–H groups in total. The van der Waals surface area contributed by atoms with Crippen molar-refractivity contribution in [1.29, 1.82) is 0 Å². The fourth-order valence-electron chi connectivity index (χ4n) is 3.93. The number of non-ortho nitro benzene ring substituents is 1. The molecule has 0 atom stereocenters. The van der Waals surface area contributed by atoms with Crippen LogP contribution in [0.5, 0.6) is 11.5 Å². The Balaban J connectivity index is 1.50. The summed E-state index contributed by atoms with van der Waals surface area (Å²) in [5, 5.41) is 10.4. The number of nitro benzene ring substituents is 1. The van der Waals surface area contributed by atoms with E-state index >= 15 is 0 Å². The van der Waals surface area contributed by atoms with Gasteiger partial charge >= 0.3 is 0 Å². The van der Waals surface area contributed by atoms with Crippen molar-refractivity contribution in [2.75, 3.05) is 26.2 Å². The van der Waals surface area contributed by atoms with Crippen molar-refractivity contribution >= 4 is 63.2 Å². The predicted octanol–water partition coefficient (Wildman–Crippen LogP) is 4.84. The number of hydrogen-bond acceptors (Lipinski definition) is 8. The van der Waals surface area contributed by atoms with Crippen LogP contribution in [-0.2, 0) is 16.2 Å². The molecule has 2 aliphatic heterocycles. The number of carbonyl (C=O) groups excluding carboxylic acids is 3. The van der Waals surface area contributed by atoms with Crippen LogP contribution in [0.15, 0.2) is 41.3 Å². The molecule has 10 nitrogen and oxygen atoms in total. The van der Waals surface area contributed by atoms with Crippen LogP contribution < -0.4 is 9.47 Å². The minimum absolute atomic E-state index is 0.00233. The Morgan fingerprint density at radius 3 is 2.51 bits per heavy atom. The van der Waals surface area contributed by atoms with E-state index in [1.807, 2.05) is 6.92 Å². The molecule has 0 radical (unpaired) electrons. The topological polar surface area (TPSA) is 119 Å². The van der Waals surface area contributed by atoms with Gasteiger partial charge in [-0.15, -0.1) is 0 Å². The molecule has 0 aromatic heterocycles. The van der Waals surface area contributed by atoms with Gasteiger partial charge in [-0.3, -0.25) is 29.4 Å². The third kappa shape index (κ3) is 6.42. The molecule has 37 heavy (non-hydrogen) atoms. The van der Waals surface area contributed by atoms with Gasteiger partial charge in [0, 0.05) is 25.2 Å². The Labute approximate surface area is 231 Å². The van der Waals surface area contributed by atoms with Crippen molar-refractivity contribution in [1.82, 2.24) is 9.80 Å². The van der Waals surface area contributed by atoms with Crippen LogP contribution in [0, 0.1) is 13.7 Å². The standard InChI is InChI=1S/C25H24IN3O7S/c1-2-35-20-12-17(11-19(26)23(20)36-15-16-5-7-18(8-6-16)29(33)34)13-21-24(31)28(25(32)37-21)14-22(30)27-9-3-4-10-27/h5-8,11-13H,2-4,9-10,14-15H2,1H3/b21-13-. The Morgan fingerprint density at radius 1 is 1.16 bits per heavy atom. The number of imide groups is 1. The molecule has 2 aromatic rings. The van der Waals surface area contributed by atoms with Crippen molar-refractivity contribution < 1.29 is 28.8 Å². The molecule has 2 saturated heterocycles. The highest BCUT2D eigenvalue weighted by Crippen LogP contribution is 2.38. The summed E-state index contributed by atoms with van der Waals surface area (Å²) in [6.07, 6.45) is 3.47. The summed E-state index contributed by atoms with van der Waals surface area (Å²) in [5.41, 5.74) is 1.40. The van der Waals surface area contributed by atoms with E-state index in [-0.39, 0.29) is 29.7 Å². The van der Waals surface area contributed by atoms with E-state index in [4.69, 9.17) is 9.47 Å². The summed E-state index contributed by atoms with van der Waals surface area (Å²) >= 11 is 2.91. The van der Waals surface area contributed by atoms with Crippen LogP contribution >= 0.6 is 34.4 Å². The number of thioether (sulfide) groups is 1. The zero-order valence-electron chi connectivity index (χ0n) is 20.0. The van der Waals surface area contributed by atoms with Gasteiger partial charge in [-0.1, -0.05) is 0 Å². The molecule has 2 heterocycles. The zero-order chi connectivity index (χ0) is 26.5. The highest BCUT2D eigenvalue weighted by Gasteiger charge is 2.37. The van der Waals surface area contributed by atoms with Crippen LogP contribution in [0.2, 0.25) is 0 Å². The molecule has 2 aliphatic rings. The lowest BCUT2D eigenvalue weighted by Gasteiger charge is -2.18. The molecule has 0 bridgehead atoms. The third-order valence-electron chi connectivity index (χ3n) is 5.79. The maximum absolute atomic E-state index is 12.9. The van der Waals surface area contributed by atoms with Crippen molar-refractivity contribution in [2.45, 2.75) is 26.4 Å². The van der Waals surface area contributed by atoms with Crippen LogP contribution in [0.1, 0.15) is 30.9 Å². The quantitative estimate of drug-likeness (QED) is 0.166. The molecule has 0 saturated carbocycles. The molecule has 2 fully saturated rings. The molecule has 194 valence electrons. The average molecular weight is 637 g/mol. The molecular weight excluding hydrogens is 613 g/mol. The van der Waals surface area contributed by atoms with Crippen molar-refractivity contribution in [3.05, 3.63) is 66.1 Å². The average Bonchev–Trinajstić information content (AvgIpc) is 3.49. The maximum atomic E-state index is 12.9. The van der Waals surface area contributed by atoms with Gasteiger partial charge in [0.25, 0.3) is 16.8 Å². The van der Waals surface area contributed by atoms with Crippen molar-refractivity contribution in [3.63, 3.8) is 0 Å². The summed E-state index contributed by atoms with van der Waals surface area (Å²) in [4.78, 5) is 51.1. The molecule has 0 spiro atoms. The second-order valence-electron chi connectivity index (χ2n) is 8.33. The van der Waals surface area contributed by atoms with Gasteiger partial charge in [0.1, 0.15) is 13.2 Å². The first-order valence-corrected chi connectivity index (χ1v) is 13.5. The fraction of sp³-hybridized carbons (Fsp3) is 0.320. The SMILES string of the molecule is CCOc1cc(/C=C2\SC(=O)N(CC(=O)N3CCCC3)C2=O)cc(I)c1OCc1ccc([N+](=O)[O-])cc1. The molecule has 0 aliphatic carbocycles. The van der Waals surface area contributed by atoms with E-state index in [1.165, 1.54) is 12.1 Å². The van der Waals surface area contributed by atoms with Crippen molar-refractivity contribution in [2.24, 2.45) is 0 Å².